The maximum Gasteiger partial charge on any atom is 0.276 e. The lowest BCUT2D eigenvalue weighted by molar-refractivity contribution is 0.0910. The van der Waals surface area contributed by atoms with Gasteiger partial charge in [0.05, 0.1) is 13.2 Å². The number of benzene rings is 1. The van der Waals surface area contributed by atoms with E-state index in [1.807, 2.05) is 30.3 Å². The molecule has 2 N–H and O–H groups in total. The van der Waals surface area contributed by atoms with Crippen LogP contribution in [-0.4, -0.2) is 32.4 Å². The maximum absolute atomic E-state index is 11.1. The number of hydrogen-bond acceptors (Lipinski definition) is 3. The van der Waals surface area contributed by atoms with Crippen molar-refractivity contribution in [1.82, 2.24) is 4.31 Å². The van der Waals surface area contributed by atoms with Crippen LogP contribution in [-0.2, 0) is 21.6 Å². The molecule has 1 saturated heterocycles. The largest absolute Gasteiger partial charge is 0.376 e. The second-order valence-corrected chi connectivity index (χ2v) is 6.10. The van der Waals surface area contributed by atoms with Crippen molar-refractivity contribution < 1.29 is 13.2 Å². The van der Waals surface area contributed by atoms with Gasteiger partial charge in [-0.25, -0.2) is 5.14 Å². The van der Waals surface area contributed by atoms with E-state index in [-0.39, 0.29) is 5.92 Å². The number of nitrogens with two attached hydrogens (primary N) is 1. The van der Waals surface area contributed by atoms with Crippen LogP contribution < -0.4 is 5.14 Å². The fourth-order valence-electron chi connectivity index (χ4n) is 2.08. The van der Waals surface area contributed by atoms with Crippen molar-refractivity contribution in [1.29, 1.82) is 0 Å². The lowest BCUT2D eigenvalue weighted by atomic mass is 10.1. The van der Waals surface area contributed by atoms with Crippen LogP contribution in [0, 0.1) is 5.92 Å². The molecule has 1 fully saturated rings. The molecule has 0 amide bonds. The Morgan fingerprint density at radius 1 is 1.33 bits per heavy atom. The lowest BCUT2D eigenvalue weighted by Crippen LogP contribution is -2.35. The summed E-state index contributed by atoms with van der Waals surface area (Å²) in [6, 6.07) is 9.91. The van der Waals surface area contributed by atoms with E-state index in [4.69, 9.17) is 9.88 Å². The average molecular weight is 270 g/mol. The van der Waals surface area contributed by atoms with Gasteiger partial charge < -0.3 is 4.74 Å². The van der Waals surface area contributed by atoms with Crippen LogP contribution >= 0.6 is 0 Å². The van der Waals surface area contributed by atoms with Crippen LogP contribution in [0.4, 0.5) is 0 Å². The number of hydrogen-bond donors (Lipinski definition) is 1. The van der Waals surface area contributed by atoms with Crippen molar-refractivity contribution in [3.8, 4) is 0 Å². The summed E-state index contributed by atoms with van der Waals surface area (Å²) in [5.74, 6) is 0.243. The first-order chi connectivity index (χ1) is 8.55. The predicted molar refractivity (Wildman–Crippen MR) is 68.9 cm³/mol. The summed E-state index contributed by atoms with van der Waals surface area (Å²) in [5, 5.41) is 5.08. The van der Waals surface area contributed by atoms with Crippen LogP contribution in [0.2, 0.25) is 0 Å². The normalized spacial score (nSPS) is 21.3. The second kappa shape index (κ2) is 5.79. The van der Waals surface area contributed by atoms with Gasteiger partial charge in [-0.05, 0) is 17.9 Å². The molecular formula is C12H18N2O3S. The molecule has 1 aromatic rings. The molecule has 1 aliphatic rings. The minimum Gasteiger partial charge on any atom is -0.376 e. The zero-order valence-corrected chi connectivity index (χ0v) is 11.0. The Bertz CT molecular complexity index is 475. The van der Waals surface area contributed by atoms with Crippen molar-refractivity contribution in [2.45, 2.75) is 13.0 Å². The van der Waals surface area contributed by atoms with E-state index < -0.39 is 10.2 Å². The zero-order chi connectivity index (χ0) is 13.0. The Morgan fingerprint density at radius 2 is 2.06 bits per heavy atom. The third-order valence-corrected chi connectivity index (χ3v) is 4.13. The van der Waals surface area contributed by atoms with E-state index >= 15 is 0 Å². The highest BCUT2D eigenvalue weighted by Gasteiger charge is 2.28. The van der Waals surface area contributed by atoms with Gasteiger partial charge >= 0.3 is 0 Å². The third kappa shape index (κ3) is 3.78. The standard InChI is InChI=1S/C12H18N2O3S/c13-18(15,16)14-7-6-12(8-14)10-17-9-11-4-2-1-3-5-11/h1-5,12H,6-10H2,(H2,13,15,16)/t12-/m0/s1. The first-order valence-electron chi connectivity index (χ1n) is 5.95. The molecule has 0 spiro atoms. The van der Waals surface area contributed by atoms with E-state index in [0.29, 0.717) is 26.3 Å². The van der Waals surface area contributed by atoms with E-state index in [0.717, 1.165) is 12.0 Å². The molecule has 2 rings (SSSR count). The average Bonchev–Trinajstić information content (AvgIpc) is 2.79. The lowest BCUT2D eigenvalue weighted by Gasteiger charge is -2.13. The first kappa shape index (κ1) is 13.5. The predicted octanol–water partition coefficient (Wildman–Crippen LogP) is 0.729. The molecule has 6 heteroatoms. The minimum atomic E-state index is -3.53. The van der Waals surface area contributed by atoms with Gasteiger partial charge in [-0.3, -0.25) is 0 Å². The van der Waals surface area contributed by atoms with Crippen LogP contribution in [0.25, 0.3) is 0 Å². The summed E-state index contributed by atoms with van der Waals surface area (Å²) in [6.07, 6.45) is 0.811. The van der Waals surface area contributed by atoms with Gasteiger partial charge in [-0.2, -0.15) is 12.7 Å². The Morgan fingerprint density at radius 3 is 2.67 bits per heavy atom. The van der Waals surface area contributed by atoms with Gasteiger partial charge in [0.15, 0.2) is 0 Å². The van der Waals surface area contributed by atoms with Crippen LogP contribution in [0.5, 0.6) is 0 Å². The van der Waals surface area contributed by atoms with E-state index in [9.17, 15) is 8.42 Å². The first-order valence-corrected chi connectivity index (χ1v) is 7.45. The van der Waals surface area contributed by atoms with E-state index in [1.54, 1.807) is 0 Å². The molecule has 18 heavy (non-hydrogen) atoms. The van der Waals surface area contributed by atoms with Crippen molar-refractivity contribution in [3.63, 3.8) is 0 Å². The van der Waals surface area contributed by atoms with Gasteiger partial charge in [-0.1, -0.05) is 30.3 Å². The maximum atomic E-state index is 11.1. The number of rotatable bonds is 5. The Labute approximate surface area is 108 Å². The van der Waals surface area contributed by atoms with Crippen LogP contribution in [0.1, 0.15) is 12.0 Å². The van der Waals surface area contributed by atoms with E-state index in [1.165, 1.54) is 4.31 Å². The smallest absolute Gasteiger partial charge is 0.276 e. The van der Waals surface area contributed by atoms with Gasteiger partial charge in [0.25, 0.3) is 10.2 Å². The fourth-order valence-corrected chi connectivity index (χ4v) is 2.86. The highest BCUT2D eigenvalue weighted by atomic mass is 32.2. The minimum absolute atomic E-state index is 0.243. The molecule has 5 nitrogen and oxygen atoms in total. The summed E-state index contributed by atoms with van der Waals surface area (Å²) in [7, 11) is -3.53. The quantitative estimate of drug-likeness (QED) is 0.857. The Hall–Kier alpha value is -0.950. The summed E-state index contributed by atoms with van der Waals surface area (Å²) in [4.78, 5) is 0. The monoisotopic (exact) mass is 270 g/mol. The molecule has 0 saturated carbocycles. The van der Waals surface area contributed by atoms with Gasteiger partial charge in [0.1, 0.15) is 0 Å². The molecule has 100 valence electrons. The highest BCUT2D eigenvalue weighted by molar-refractivity contribution is 7.86. The summed E-state index contributed by atoms with van der Waals surface area (Å²) >= 11 is 0. The molecule has 1 aliphatic heterocycles. The molecule has 0 aliphatic carbocycles. The second-order valence-electron chi connectivity index (χ2n) is 4.56. The number of ether oxygens (including phenoxy) is 1. The van der Waals surface area contributed by atoms with Gasteiger partial charge in [0, 0.05) is 13.1 Å². The summed E-state index contributed by atoms with van der Waals surface area (Å²) in [5.41, 5.74) is 1.12. The van der Waals surface area contributed by atoms with Crippen molar-refractivity contribution in [2.75, 3.05) is 19.7 Å². The highest BCUT2D eigenvalue weighted by Crippen LogP contribution is 2.18. The molecule has 1 aromatic carbocycles. The van der Waals surface area contributed by atoms with Gasteiger partial charge in [-0.15, -0.1) is 0 Å². The SMILES string of the molecule is NS(=O)(=O)N1CC[C@H](COCc2ccccc2)C1. The summed E-state index contributed by atoms with van der Waals surface area (Å²) in [6.45, 7) is 2.10. The Kier molecular flexibility index (Phi) is 4.34. The topological polar surface area (TPSA) is 72.6 Å². The molecular weight excluding hydrogens is 252 g/mol. The molecule has 0 bridgehead atoms. The third-order valence-electron chi connectivity index (χ3n) is 3.07. The fraction of sp³-hybridized carbons (Fsp3) is 0.500. The number of nitrogens with zero attached hydrogens (tertiary/aromatic N) is 1. The molecule has 1 atom stereocenters. The molecule has 0 aromatic heterocycles. The Balaban J connectivity index is 1.73. The molecule has 0 radical (unpaired) electrons. The zero-order valence-electron chi connectivity index (χ0n) is 10.2. The summed E-state index contributed by atoms with van der Waals surface area (Å²) < 4.78 is 29.2. The van der Waals surface area contributed by atoms with Crippen molar-refractivity contribution in [2.24, 2.45) is 11.1 Å². The molecule has 1 heterocycles. The van der Waals surface area contributed by atoms with Crippen LogP contribution in [0.3, 0.4) is 0 Å². The van der Waals surface area contributed by atoms with Gasteiger partial charge in [0.2, 0.25) is 0 Å². The van der Waals surface area contributed by atoms with Crippen molar-refractivity contribution >= 4 is 10.2 Å². The van der Waals surface area contributed by atoms with Crippen LogP contribution in [0.15, 0.2) is 30.3 Å². The van der Waals surface area contributed by atoms with E-state index in [2.05, 4.69) is 0 Å². The van der Waals surface area contributed by atoms with Crippen molar-refractivity contribution in [3.05, 3.63) is 35.9 Å². The molecule has 0 unspecified atom stereocenters.